The van der Waals surface area contributed by atoms with Gasteiger partial charge < -0.3 is 9.64 Å². The number of methoxy groups -OCH3 is 1. The van der Waals surface area contributed by atoms with Gasteiger partial charge in [0, 0.05) is 13.1 Å². The molecule has 1 aliphatic heterocycles. The molecule has 0 unspecified atom stereocenters. The summed E-state index contributed by atoms with van der Waals surface area (Å²) in [7, 11) is 1.32. The first-order chi connectivity index (χ1) is 8.91. The van der Waals surface area contributed by atoms with E-state index in [1.807, 2.05) is 4.90 Å². The lowest BCUT2D eigenvalue weighted by Gasteiger charge is -2.18. The molecule has 0 spiro atoms. The van der Waals surface area contributed by atoms with Gasteiger partial charge >= 0.3 is 12.1 Å². The van der Waals surface area contributed by atoms with Gasteiger partial charge in [0.15, 0.2) is 0 Å². The van der Waals surface area contributed by atoms with Crippen LogP contribution in [0.1, 0.15) is 12.1 Å². The minimum absolute atomic E-state index is 0.229. The number of ether oxygens (including phenoxy) is 1. The van der Waals surface area contributed by atoms with Crippen molar-refractivity contribution in [2.45, 2.75) is 12.6 Å². The van der Waals surface area contributed by atoms with Crippen LogP contribution in [0.4, 0.5) is 18.9 Å². The highest BCUT2D eigenvalue weighted by Crippen LogP contribution is 2.30. The predicted molar refractivity (Wildman–Crippen MR) is 61.6 cm³/mol. The van der Waals surface area contributed by atoms with E-state index >= 15 is 0 Å². The molecule has 19 heavy (non-hydrogen) atoms. The van der Waals surface area contributed by atoms with Crippen LogP contribution in [0.25, 0.3) is 0 Å². The topological polar surface area (TPSA) is 42.4 Å². The maximum absolute atomic E-state index is 12.4. The second kappa shape index (κ2) is 5.07. The van der Waals surface area contributed by atoms with Gasteiger partial charge in [-0.05, 0) is 18.6 Å². The molecule has 1 aliphatic rings. The molecule has 0 aromatic carbocycles. The Bertz CT molecular complexity index is 459. The molecule has 1 saturated heterocycles. The number of carbonyl (C=O) groups is 1. The molecule has 1 aromatic heterocycles. The van der Waals surface area contributed by atoms with Crippen molar-refractivity contribution in [1.29, 1.82) is 0 Å². The van der Waals surface area contributed by atoms with Crippen LogP contribution in [-0.4, -0.2) is 31.2 Å². The molecular weight excluding hydrogens is 261 g/mol. The minimum atomic E-state index is -4.43. The van der Waals surface area contributed by atoms with Crippen LogP contribution in [0.3, 0.4) is 0 Å². The first kappa shape index (κ1) is 13.6. The van der Waals surface area contributed by atoms with Crippen LogP contribution in [0.2, 0.25) is 0 Å². The number of halogens is 3. The van der Waals surface area contributed by atoms with E-state index in [0.29, 0.717) is 25.2 Å². The van der Waals surface area contributed by atoms with Gasteiger partial charge in [-0.15, -0.1) is 0 Å². The van der Waals surface area contributed by atoms with E-state index in [0.717, 1.165) is 6.07 Å². The van der Waals surface area contributed by atoms with E-state index in [1.165, 1.54) is 19.4 Å². The number of esters is 1. The molecule has 104 valence electrons. The quantitative estimate of drug-likeness (QED) is 0.775. The van der Waals surface area contributed by atoms with Crippen molar-refractivity contribution >= 4 is 11.7 Å². The fourth-order valence-corrected chi connectivity index (χ4v) is 2.09. The summed E-state index contributed by atoms with van der Waals surface area (Å²) in [5, 5.41) is 0. The van der Waals surface area contributed by atoms with Gasteiger partial charge in [0.25, 0.3) is 0 Å². The molecule has 0 saturated carbocycles. The zero-order valence-electron chi connectivity index (χ0n) is 10.3. The SMILES string of the molecule is COC(=O)[C@@H]1CCN(c2ccc(C(F)(F)F)nc2)C1. The maximum atomic E-state index is 12.4. The fraction of sp³-hybridized carbons (Fsp3) is 0.500. The third-order valence-corrected chi connectivity index (χ3v) is 3.13. The molecule has 1 atom stereocenters. The summed E-state index contributed by atoms with van der Waals surface area (Å²) < 4.78 is 41.8. The van der Waals surface area contributed by atoms with Gasteiger partial charge in [-0.1, -0.05) is 0 Å². The molecule has 0 amide bonds. The molecule has 0 bridgehead atoms. The van der Waals surface area contributed by atoms with Crippen molar-refractivity contribution < 1.29 is 22.7 Å². The second-order valence-corrected chi connectivity index (χ2v) is 4.35. The Morgan fingerprint density at radius 1 is 1.47 bits per heavy atom. The van der Waals surface area contributed by atoms with Crippen LogP contribution in [-0.2, 0) is 15.7 Å². The molecule has 0 aliphatic carbocycles. The summed E-state index contributed by atoms with van der Waals surface area (Å²) in [5.74, 6) is -0.519. The van der Waals surface area contributed by atoms with Crippen molar-refractivity contribution in [2.24, 2.45) is 5.92 Å². The predicted octanol–water partition coefficient (Wildman–Crippen LogP) is 2.10. The van der Waals surface area contributed by atoms with Crippen LogP contribution in [0.5, 0.6) is 0 Å². The summed E-state index contributed by atoms with van der Waals surface area (Å²) >= 11 is 0. The zero-order valence-corrected chi connectivity index (χ0v) is 10.3. The highest BCUT2D eigenvalue weighted by molar-refractivity contribution is 5.74. The van der Waals surface area contributed by atoms with Crippen molar-refractivity contribution in [3.05, 3.63) is 24.0 Å². The van der Waals surface area contributed by atoms with Crippen molar-refractivity contribution in [1.82, 2.24) is 4.98 Å². The summed E-state index contributed by atoms with van der Waals surface area (Å²) in [6.45, 7) is 1.05. The Hall–Kier alpha value is -1.79. The van der Waals surface area contributed by atoms with Crippen LogP contribution < -0.4 is 4.90 Å². The van der Waals surface area contributed by atoms with Gasteiger partial charge in [0.1, 0.15) is 5.69 Å². The Morgan fingerprint density at radius 2 is 2.21 bits per heavy atom. The van der Waals surface area contributed by atoms with E-state index in [9.17, 15) is 18.0 Å². The first-order valence-electron chi connectivity index (χ1n) is 5.78. The van der Waals surface area contributed by atoms with E-state index in [1.54, 1.807) is 0 Å². The third-order valence-electron chi connectivity index (χ3n) is 3.13. The number of carbonyl (C=O) groups excluding carboxylic acids is 1. The molecule has 1 fully saturated rings. The Balaban J connectivity index is 2.06. The lowest BCUT2D eigenvalue weighted by molar-refractivity contribution is -0.144. The number of pyridine rings is 1. The molecule has 0 N–H and O–H groups in total. The van der Waals surface area contributed by atoms with Crippen molar-refractivity contribution in [3.63, 3.8) is 0 Å². The number of nitrogens with zero attached hydrogens (tertiary/aromatic N) is 2. The highest BCUT2D eigenvalue weighted by Gasteiger charge is 2.33. The average molecular weight is 274 g/mol. The summed E-state index contributed by atoms with van der Waals surface area (Å²) in [5.41, 5.74) is -0.334. The van der Waals surface area contributed by atoms with E-state index < -0.39 is 11.9 Å². The highest BCUT2D eigenvalue weighted by atomic mass is 19.4. The summed E-state index contributed by atoms with van der Waals surface area (Å²) in [6, 6.07) is 2.32. The van der Waals surface area contributed by atoms with Crippen LogP contribution in [0, 0.1) is 5.92 Å². The van der Waals surface area contributed by atoms with Gasteiger partial charge in [0.2, 0.25) is 0 Å². The second-order valence-electron chi connectivity index (χ2n) is 4.35. The molecule has 0 radical (unpaired) electrons. The average Bonchev–Trinajstić information content (AvgIpc) is 2.86. The number of hydrogen-bond acceptors (Lipinski definition) is 4. The number of rotatable bonds is 2. The normalized spacial score (nSPS) is 19.6. The molecular formula is C12H13F3N2O2. The molecule has 4 nitrogen and oxygen atoms in total. The number of alkyl halides is 3. The van der Waals surface area contributed by atoms with Gasteiger partial charge in [-0.25, -0.2) is 4.98 Å². The lowest BCUT2D eigenvalue weighted by atomic mass is 10.1. The summed E-state index contributed by atoms with van der Waals surface area (Å²) in [4.78, 5) is 16.6. The lowest BCUT2D eigenvalue weighted by Crippen LogP contribution is -2.23. The number of hydrogen-bond donors (Lipinski definition) is 0. The molecule has 2 heterocycles. The molecule has 7 heteroatoms. The van der Waals surface area contributed by atoms with Crippen LogP contribution in [0.15, 0.2) is 18.3 Å². The van der Waals surface area contributed by atoms with Gasteiger partial charge in [0.05, 0.1) is 24.9 Å². The molecule has 2 rings (SSSR count). The third kappa shape index (κ3) is 2.97. The minimum Gasteiger partial charge on any atom is -0.469 e. The van der Waals surface area contributed by atoms with E-state index in [4.69, 9.17) is 0 Å². The fourth-order valence-electron chi connectivity index (χ4n) is 2.09. The Labute approximate surface area is 108 Å². The van der Waals surface area contributed by atoms with Gasteiger partial charge in [-0.2, -0.15) is 13.2 Å². The smallest absolute Gasteiger partial charge is 0.433 e. The number of aromatic nitrogens is 1. The van der Waals surface area contributed by atoms with Crippen molar-refractivity contribution in [3.8, 4) is 0 Å². The largest absolute Gasteiger partial charge is 0.469 e. The van der Waals surface area contributed by atoms with E-state index in [2.05, 4.69) is 9.72 Å². The van der Waals surface area contributed by atoms with Gasteiger partial charge in [-0.3, -0.25) is 4.79 Å². The maximum Gasteiger partial charge on any atom is 0.433 e. The van der Waals surface area contributed by atoms with Crippen LogP contribution >= 0.6 is 0 Å². The number of anilines is 1. The summed E-state index contributed by atoms with van der Waals surface area (Å²) in [6.07, 6.45) is -2.62. The molecule has 1 aromatic rings. The Morgan fingerprint density at radius 3 is 2.74 bits per heavy atom. The first-order valence-corrected chi connectivity index (χ1v) is 5.78. The van der Waals surface area contributed by atoms with E-state index in [-0.39, 0.29) is 11.9 Å². The standard InChI is InChI=1S/C12H13F3N2O2/c1-19-11(18)8-4-5-17(7-8)9-2-3-10(16-6-9)12(13,14)15/h2-3,6,8H,4-5,7H2,1H3/t8-/m1/s1. The Kier molecular flexibility index (Phi) is 3.64. The monoisotopic (exact) mass is 274 g/mol. The van der Waals surface area contributed by atoms with Crippen molar-refractivity contribution in [2.75, 3.05) is 25.1 Å². The zero-order chi connectivity index (χ0) is 14.0.